The molecule has 10 rings (SSSR count). The van der Waals surface area contributed by atoms with E-state index in [1.54, 1.807) is 0 Å². The summed E-state index contributed by atoms with van der Waals surface area (Å²) in [4.78, 5) is 4.86. The first-order valence-electron chi connectivity index (χ1n) is 19.1. The maximum atomic E-state index is 2.43. The molecule has 0 aromatic heterocycles. The Bertz CT molecular complexity index is 2820. The molecule has 0 unspecified atom stereocenters. The molecule has 2 nitrogen and oxygen atoms in total. The van der Waals surface area contributed by atoms with Crippen molar-refractivity contribution in [2.75, 3.05) is 9.80 Å². The standard InChI is InChI=1S/C53H40N2/c1-53(2)49-25-15-14-24-47(49)48-33-32-44(35-50(48)53)54(41-19-8-4-9-20-41)45-34-40-27-26-39-18-12-13-23-46(39)52(40)51(36-45)55(42-21-10-5-11-22-42)43-30-28-38(29-31-43)37-16-6-3-7-17-37/h3-36H,1-2H3. The van der Waals surface area contributed by atoms with Crippen LogP contribution < -0.4 is 9.80 Å². The second kappa shape index (κ2) is 13.2. The van der Waals surface area contributed by atoms with Crippen molar-refractivity contribution in [3.05, 3.63) is 217 Å². The van der Waals surface area contributed by atoms with Gasteiger partial charge in [0.1, 0.15) is 0 Å². The summed E-state index contributed by atoms with van der Waals surface area (Å²) in [6, 6.07) is 75.2. The van der Waals surface area contributed by atoms with E-state index in [0.717, 1.165) is 34.1 Å². The van der Waals surface area contributed by atoms with E-state index in [2.05, 4.69) is 230 Å². The van der Waals surface area contributed by atoms with E-state index in [1.807, 2.05) is 0 Å². The Morgan fingerprint density at radius 3 is 1.64 bits per heavy atom. The third-order valence-electron chi connectivity index (χ3n) is 11.4. The molecule has 0 atom stereocenters. The molecule has 55 heavy (non-hydrogen) atoms. The lowest BCUT2D eigenvalue weighted by atomic mass is 9.82. The van der Waals surface area contributed by atoms with Gasteiger partial charge in [-0.15, -0.1) is 0 Å². The van der Waals surface area contributed by atoms with Crippen LogP contribution in [0.5, 0.6) is 0 Å². The van der Waals surface area contributed by atoms with Gasteiger partial charge in [0, 0.05) is 39.2 Å². The second-order valence-corrected chi connectivity index (χ2v) is 15.0. The van der Waals surface area contributed by atoms with Crippen LogP contribution >= 0.6 is 0 Å². The number of benzene rings is 9. The molecule has 262 valence electrons. The average Bonchev–Trinajstić information content (AvgIpc) is 3.47. The SMILES string of the molecule is CC1(C)c2ccccc2-c2ccc(N(c3ccccc3)c3cc(N(c4ccccc4)c4ccc(-c5ccccc5)cc4)c4c(ccc5ccccc54)c3)cc21. The predicted molar refractivity (Wildman–Crippen MR) is 234 cm³/mol. The van der Waals surface area contributed by atoms with Crippen LogP contribution in [-0.4, -0.2) is 0 Å². The average molecular weight is 705 g/mol. The normalized spacial score (nSPS) is 12.7. The first-order valence-corrected chi connectivity index (χ1v) is 19.1. The first kappa shape index (κ1) is 32.7. The minimum atomic E-state index is -0.117. The molecule has 0 heterocycles. The Morgan fingerprint density at radius 1 is 0.345 bits per heavy atom. The summed E-state index contributed by atoms with van der Waals surface area (Å²) in [7, 11) is 0. The summed E-state index contributed by atoms with van der Waals surface area (Å²) in [6.45, 7) is 4.71. The van der Waals surface area contributed by atoms with Gasteiger partial charge in [-0.2, -0.15) is 0 Å². The molecule has 0 saturated heterocycles. The maximum absolute atomic E-state index is 2.43. The Labute approximate surface area is 323 Å². The van der Waals surface area contributed by atoms with Crippen LogP contribution in [0.15, 0.2) is 206 Å². The van der Waals surface area contributed by atoms with Gasteiger partial charge in [0.15, 0.2) is 0 Å². The molecule has 0 bridgehead atoms. The Morgan fingerprint density at radius 2 is 0.891 bits per heavy atom. The molecule has 0 N–H and O–H groups in total. The summed E-state index contributed by atoms with van der Waals surface area (Å²) < 4.78 is 0. The largest absolute Gasteiger partial charge is 0.310 e. The lowest BCUT2D eigenvalue weighted by Crippen LogP contribution is -2.17. The van der Waals surface area contributed by atoms with Crippen LogP contribution in [0.2, 0.25) is 0 Å². The number of anilines is 6. The fourth-order valence-electron chi connectivity index (χ4n) is 8.71. The summed E-state index contributed by atoms with van der Waals surface area (Å²) >= 11 is 0. The maximum Gasteiger partial charge on any atom is 0.0567 e. The zero-order valence-corrected chi connectivity index (χ0v) is 31.0. The van der Waals surface area contributed by atoms with Crippen molar-refractivity contribution in [1.82, 2.24) is 0 Å². The fraction of sp³-hybridized carbons (Fsp3) is 0.0566. The van der Waals surface area contributed by atoms with E-state index in [0.29, 0.717) is 0 Å². The molecule has 9 aromatic carbocycles. The van der Waals surface area contributed by atoms with Crippen LogP contribution in [0, 0.1) is 0 Å². The minimum absolute atomic E-state index is 0.117. The quantitative estimate of drug-likeness (QED) is 0.152. The highest BCUT2D eigenvalue weighted by molar-refractivity contribution is 6.16. The van der Waals surface area contributed by atoms with Gasteiger partial charge in [0.2, 0.25) is 0 Å². The van der Waals surface area contributed by atoms with Crippen LogP contribution in [0.3, 0.4) is 0 Å². The third kappa shape index (κ3) is 5.57. The number of fused-ring (bicyclic) bond motifs is 6. The van der Waals surface area contributed by atoms with Gasteiger partial charge in [-0.05, 0) is 110 Å². The number of para-hydroxylation sites is 2. The molecule has 9 aromatic rings. The van der Waals surface area contributed by atoms with Gasteiger partial charge in [-0.3, -0.25) is 0 Å². The van der Waals surface area contributed by atoms with Crippen molar-refractivity contribution in [3.8, 4) is 22.3 Å². The van der Waals surface area contributed by atoms with E-state index in [4.69, 9.17) is 0 Å². The topological polar surface area (TPSA) is 6.48 Å². The van der Waals surface area contributed by atoms with E-state index in [9.17, 15) is 0 Å². The van der Waals surface area contributed by atoms with E-state index < -0.39 is 0 Å². The van der Waals surface area contributed by atoms with E-state index in [1.165, 1.54) is 54.9 Å². The number of nitrogens with zero attached hydrogens (tertiary/aromatic N) is 2. The Balaban J connectivity index is 1.23. The van der Waals surface area contributed by atoms with Crippen molar-refractivity contribution >= 4 is 55.7 Å². The summed E-state index contributed by atoms with van der Waals surface area (Å²) in [5.74, 6) is 0. The zero-order valence-electron chi connectivity index (χ0n) is 31.0. The van der Waals surface area contributed by atoms with Gasteiger partial charge in [0.05, 0.1) is 5.69 Å². The summed E-state index contributed by atoms with van der Waals surface area (Å²) in [5, 5.41) is 4.85. The van der Waals surface area contributed by atoms with Gasteiger partial charge in [0.25, 0.3) is 0 Å². The minimum Gasteiger partial charge on any atom is -0.310 e. The Kier molecular flexibility index (Phi) is 7.85. The molecular weight excluding hydrogens is 665 g/mol. The fourth-order valence-corrected chi connectivity index (χ4v) is 8.71. The van der Waals surface area contributed by atoms with Crippen molar-refractivity contribution in [2.45, 2.75) is 19.3 Å². The monoisotopic (exact) mass is 704 g/mol. The summed E-state index contributed by atoms with van der Waals surface area (Å²) in [5.41, 5.74) is 14.3. The zero-order chi connectivity index (χ0) is 36.9. The molecular formula is C53H40N2. The smallest absolute Gasteiger partial charge is 0.0567 e. The molecule has 0 saturated carbocycles. The molecule has 1 aliphatic carbocycles. The molecule has 0 amide bonds. The molecule has 1 aliphatic rings. The van der Waals surface area contributed by atoms with E-state index >= 15 is 0 Å². The molecule has 0 spiro atoms. The van der Waals surface area contributed by atoms with Crippen LogP contribution in [0.25, 0.3) is 43.8 Å². The first-order chi connectivity index (χ1) is 27.0. The highest BCUT2D eigenvalue weighted by Gasteiger charge is 2.36. The van der Waals surface area contributed by atoms with Crippen molar-refractivity contribution in [3.63, 3.8) is 0 Å². The molecule has 0 radical (unpaired) electrons. The molecule has 0 aliphatic heterocycles. The lowest BCUT2D eigenvalue weighted by molar-refractivity contribution is 0.660. The predicted octanol–water partition coefficient (Wildman–Crippen LogP) is 14.9. The van der Waals surface area contributed by atoms with Gasteiger partial charge in [-0.1, -0.05) is 159 Å². The van der Waals surface area contributed by atoms with Gasteiger partial charge in [-0.25, -0.2) is 0 Å². The van der Waals surface area contributed by atoms with Gasteiger partial charge < -0.3 is 9.80 Å². The van der Waals surface area contributed by atoms with Crippen molar-refractivity contribution in [2.24, 2.45) is 0 Å². The van der Waals surface area contributed by atoms with E-state index in [-0.39, 0.29) is 5.41 Å². The highest BCUT2D eigenvalue weighted by atomic mass is 15.2. The third-order valence-corrected chi connectivity index (χ3v) is 11.4. The van der Waals surface area contributed by atoms with Crippen LogP contribution in [-0.2, 0) is 5.41 Å². The Hall–Kier alpha value is -6.90. The highest BCUT2D eigenvalue weighted by Crippen LogP contribution is 2.52. The second-order valence-electron chi connectivity index (χ2n) is 15.0. The summed E-state index contributed by atoms with van der Waals surface area (Å²) in [6.07, 6.45) is 0. The van der Waals surface area contributed by atoms with Crippen molar-refractivity contribution < 1.29 is 0 Å². The molecule has 2 heteroatoms. The lowest BCUT2D eigenvalue weighted by Gasteiger charge is -2.32. The van der Waals surface area contributed by atoms with Gasteiger partial charge >= 0.3 is 0 Å². The number of hydrogen-bond donors (Lipinski definition) is 0. The van der Waals surface area contributed by atoms with Crippen LogP contribution in [0.1, 0.15) is 25.0 Å². The number of rotatable bonds is 7. The molecule has 0 fully saturated rings. The van der Waals surface area contributed by atoms with Crippen LogP contribution in [0.4, 0.5) is 34.1 Å². The number of hydrogen-bond acceptors (Lipinski definition) is 2. The van der Waals surface area contributed by atoms with Crippen molar-refractivity contribution in [1.29, 1.82) is 0 Å².